The number of carbonyl (C=O) groups is 1. The Bertz CT molecular complexity index is 590. The third-order valence-corrected chi connectivity index (χ3v) is 4.57. The fourth-order valence-electron chi connectivity index (χ4n) is 3.08. The predicted octanol–water partition coefficient (Wildman–Crippen LogP) is 0.863. The number of halogens is 3. The second-order valence-corrected chi connectivity index (χ2v) is 6.41. The Morgan fingerprint density at radius 3 is 2.67 bits per heavy atom. The van der Waals surface area contributed by atoms with Crippen LogP contribution >= 0.6 is 0 Å². The van der Waals surface area contributed by atoms with Crippen molar-refractivity contribution in [1.29, 1.82) is 0 Å². The van der Waals surface area contributed by atoms with Crippen molar-refractivity contribution in [1.82, 2.24) is 25.3 Å². The molecule has 1 aliphatic heterocycles. The van der Waals surface area contributed by atoms with Crippen LogP contribution in [0.15, 0.2) is 6.07 Å². The summed E-state index contributed by atoms with van der Waals surface area (Å²) in [5, 5.41) is 9.56. The molecule has 3 rings (SSSR count). The quantitative estimate of drug-likeness (QED) is 0.831. The van der Waals surface area contributed by atoms with Crippen molar-refractivity contribution in [3.63, 3.8) is 0 Å². The fraction of sp³-hybridized carbons (Fsp3) is 0.733. The lowest BCUT2D eigenvalue weighted by Crippen LogP contribution is -2.57. The highest BCUT2D eigenvalue weighted by Gasteiger charge is 2.44. The molecule has 1 aromatic heterocycles. The van der Waals surface area contributed by atoms with Crippen LogP contribution in [0.5, 0.6) is 0 Å². The molecule has 9 heteroatoms. The van der Waals surface area contributed by atoms with Crippen LogP contribution in [0.2, 0.25) is 0 Å². The molecule has 2 N–H and O–H groups in total. The molecule has 0 radical (unpaired) electrons. The Hall–Kier alpha value is -1.61. The molecule has 1 saturated carbocycles. The molecule has 1 saturated heterocycles. The van der Waals surface area contributed by atoms with E-state index in [1.54, 1.807) is 17.8 Å². The maximum absolute atomic E-state index is 13.3. The van der Waals surface area contributed by atoms with E-state index in [1.807, 2.05) is 0 Å². The van der Waals surface area contributed by atoms with Crippen molar-refractivity contribution in [3.8, 4) is 0 Å². The van der Waals surface area contributed by atoms with Crippen LogP contribution in [0.1, 0.15) is 34.9 Å². The van der Waals surface area contributed by atoms with Crippen LogP contribution in [-0.4, -0.2) is 65.5 Å². The largest absolute Gasteiger partial charge is 0.405 e. The number of nitrogens with one attached hydrogen (secondary N) is 2. The zero-order chi connectivity index (χ0) is 17.3. The lowest BCUT2D eigenvalue weighted by atomic mass is 10.2. The Labute approximate surface area is 138 Å². The number of amides is 1. The van der Waals surface area contributed by atoms with Crippen molar-refractivity contribution in [2.75, 3.05) is 32.7 Å². The van der Waals surface area contributed by atoms with Crippen molar-refractivity contribution < 1.29 is 18.0 Å². The molecule has 24 heavy (non-hydrogen) atoms. The summed E-state index contributed by atoms with van der Waals surface area (Å²) in [6, 6.07) is 0.00982. The zero-order valence-electron chi connectivity index (χ0n) is 13.6. The van der Waals surface area contributed by atoms with E-state index < -0.39 is 24.7 Å². The first-order chi connectivity index (χ1) is 11.4. The highest BCUT2D eigenvalue weighted by molar-refractivity contribution is 5.92. The van der Waals surface area contributed by atoms with Gasteiger partial charge in [0, 0.05) is 51.4 Å². The molecule has 1 amide bonds. The molecule has 2 heterocycles. The molecular formula is C15H22F3N5O. The summed E-state index contributed by atoms with van der Waals surface area (Å²) in [5.74, 6) is -0.130. The SMILES string of the molecule is Cn1nc(C(=O)NCC(N2CCNCC2)C(F)(F)F)cc1C1CC1. The molecule has 134 valence electrons. The first-order valence-electron chi connectivity index (χ1n) is 8.20. The maximum Gasteiger partial charge on any atom is 0.405 e. The zero-order valence-corrected chi connectivity index (χ0v) is 13.6. The number of aromatic nitrogens is 2. The van der Waals surface area contributed by atoms with Crippen molar-refractivity contribution in [2.24, 2.45) is 7.05 Å². The van der Waals surface area contributed by atoms with Gasteiger partial charge in [-0.3, -0.25) is 14.4 Å². The number of rotatable bonds is 5. The minimum atomic E-state index is -4.38. The molecule has 1 aliphatic carbocycles. The van der Waals surface area contributed by atoms with Crippen LogP contribution in [-0.2, 0) is 7.05 Å². The number of nitrogens with zero attached hydrogens (tertiary/aromatic N) is 3. The highest BCUT2D eigenvalue weighted by Crippen LogP contribution is 2.39. The fourth-order valence-corrected chi connectivity index (χ4v) is 3.08. The van der Waals surface area contributed by atoms with Gasteiger partial charge in [-0.1, -0.05) is 0 Å². The molecular weight excluding hydrogens is 323 g/mol. The summed E-state index contributed by atoms with van der Waals surface area (Å²) >= 11 is 0. The van der Waals surface area contributed by atoms with E-state index >= 15 is 0 Å². The smallest absolute Gasteiger partial charge is 0.349 e. The molecule has 0 bridgehead atoms. The van der Waals surface area contributed by atoms with Crippen LogP contribution in [0.25, 0.3) is 0 Å². The normalized spacial score (nSPS) is 20.8. The van der Waals surface area contributed by atoms with Gasteiger partial charge in [-0.25, -0.2) is 0 Å². The van der Waals surface area contributed by atoms with Gasteiger partial charge in [0.1, 0.15) is 11.7 Å². The van der Waals surface area contributed by atoms with E-state index in [4.69, 9.17) is 0 Å². The standard InChI is InChI=1S/C15H22F3N5O/c1-22-12(10-2-3-10)8-11(21-22)14(24)20-9-13(15(16,17)18)23-6-4-19-5-7-23/h8,10,13,19H,2-7,9H2,1H3,(H,20,24). The van der Waals surface area contributed by atoms with Gasteiger partial charge < -0.3 is 10.6 Å². The minimum Gasteiger partial charge on any atom is -0.349 e. The number of piperazine rings is 1. The monoisotopic (exact) mass is 345 g/mol. The summed E-state index contributed by atoms with van der Waals surface area (Å²) < 4.78 is 41.6. The van der Waals surface area contributed by atoms with Crippen molar-refractivity contribution in [2.45, 2.75) is 31.0 Å². The lowest BCUT2D eigenvalue weighted by molar-refractivity contribution is -0.183. The molecule has 1 atom stereocenters. The molecule has 0 aromatic carbocycles. The Balaban J connectivity index is 1.63. The van der Waals surface area contributed by atoms with E-state index in [1.165, 1.54) is 4.90 Å². The van der Waals surface area contributed by atoms with Crippen LogP contribution in [0.3, 0.4) is 0 Å². The number of hydrogen-bond donors (Lipinski definition) is 2. The second kappa shape index (κ2) is 6.72. The van der Waals surface area contributed by atoms with Crippen LogP contribution in [0, 0.1) is 0 Å². The first kappa shape index (κ1) is 17.2. The number of alkyl halides is 3. The summed E-state index contributed by atoms with van der Waals surface area (Å²) in [6.45, 7) is 1.21. The van der Waals surface area contributed by atoms with Gasteiger partial charge in [-0.05, 0) is 18.9 Å². The van der Waals surface area contributed by atoms with Gasteiger partial charge in [0.25, 0.3) is 5.91 Å². The Morgan fingerprint density at radius 1 is 1.42 bits per heavy atom. The molecule has 0 spiro atoms. The summed E-state index contributed by atoms with van der Waals surface area (Å²) in [7, 11) is 1.75. The average Bonchev–Trinajstić information content (AvgIpc) is 3.29. The van der Waals surface area contributed by atoms with Gasteiger partial charge in [0.05, 0.1) is 0 Å². The molecule has 2 fully saturated rings. The summed E-state index contributed by atoms with van der Waals surface area (Å²) in [6.07, 6.45) is -2.24. The molecule has 1 unspecified atom stereocenters. The van der Waals surface area contributed by atoms with Gasteiger partial charge in [0.15, 0.2) is 0 Å². The average molecular weight is 345 g/mol. The molecule has 6 nitrogen and oxygen atoms in total. The van der Waals surface area contributed by atoms with Crippen LogP contribution in [0.4, 0.5) is 13.2 Å². The van der Waals surface area contributed by atoms with Gasteiger partial charge in [-0.15, -0.1) is 0 Å². The molecule has 1 aromatic rings. The number of carbonyl (C=O) groups excluding carboxylic acids is 1. The Morgan fingerprint density at radius 2 is 2.08 bits per heavy atom. The number of aryl methyl sites for hydroxylation is 1. The van der Waals surface area contributed by atoms with Gasteiger partial charge >= 0.3 is 6.18 Å². The van der Waals surface area contributed by atoms with E-state index in [9.17, 15) is 18.0 Å². The van der Waals surface area contributed by atoms with E-state index in [0.29, 0.717) is 32.1 Å². The molecule has 2 aliphatic rings. The minimum absolute atomic E-state index is 0.181. The third kappa shape index (κ3) is 3.89. The van der Waals surface area contributed by atoms with Crippen molar-refractivity contribution >= 4 is 5.91 Å². The number of hydrogen-bond acceptors (Lipinski definition) is 4. The van der Waals surface area contributed by atoms with Gasteiger partial charge in [0.2, 0.25) is 0 Å². The van der Waals surface area contributed by atoms with E-state index in [0.717, 1.165) is 18.5 Å². The topological polar surface area (TPSA) is 62.2 Å². The third-order valence-electron chi connectivity index (χ3n) is 4.57. The predicted molar refractivity (Wildman–Crippen MR) is 81.8 cm³/mol. The van der Waals surface area contributed by atoms with Crippen molar-refractivity contribution in [3.05, 3.63) is 17.5 Å². The first-order valence-corrected chi connectivity index (χ1v) is 8.20. The lowest BCUT2D eigenvalue weighted by Gasteiger charge is -2.35. The summed E-state index contributed by atoms with van der Waals surface area (Å²) in [5.41, 5.74) is 1.15. The maximum atomic E-state index is 13.3. The second-order valence-electron chi connectivity index (χ2n) is 6.41. The Kier molecular flexibility index (Phi) is 4.82. The highest BCUT2D eigenvalue weighted by atomic mass is 19.4. The summed E-state index contributed by atoms with van der Waals surface area (Å²) in [4.78, 5) is 13.5. The van der Waals surface area contributed by atoms with E-state index in [2.05, 4.69) is 15.7 Å². The van der Waals surface area contributed by atoms with E-state index in [-0.39, 0.29) is 5.69 Å². The van der Waals surface area contributed by atoms with Crippen LogP contribution < -0.4 is 10.6 Å². The van der Waals surface area contributed by atoms with Gasteiger partial charge in [-0.2, -0.15) is 18.3 Å².